The number of hydrogen-bond donors (Lipinski definition) is 2. The number of nitrogens with zero attached hydrogens (tertiary/aromatic N) is 1. The van der Waals surface area contributed by atoms with Gasteiger partial charge in [-0.3, -0.25) is 4.72 Å². The summed E-state index contributed by atoms with van der Waals surface area (Å²) in [5.74, 6) is 0. The molecule has 0 radical (unpaired) electrons. The van der Waals surface area contributed by atoms with Crippen molar-refractivity contribution in [1.82, 2.24) is 4.98 Å². The van der Waals surface area contributed by atoms with Crippen molar-refractivity contribution in [2.75, 3.05) is 10.5 Å². The second kappa shape index (κ2) is 5.01. The van der Waals surface area contributed by atoms with Gasteiger partial charge in [-0.2, -0.15) is 0 Å². The summed E-state index contributed by atoms with van der Waals surface area (Å²) in [6.07, 6.45) is 3.02. The van der Waals surface area contributed by atoms with Crippen molar-refractivity contribution in [3.05, 3.63) is 33.2 Å². The van der Waals surface area contributed by atoms with Crippen molar-refractivity contribution in [1.29, 1.82) is 0 Å². The van der Waals surface area contributed by atoms with E-state index < -0.39 is 10.0 Å². The summed E-state index contributed by atoms with van der Waals surface area (Å²) in [4.78, 5) is 5.64. The number of rotatable bonds is 3. The van der Waals surface area contributed by atoms with Crippen LogP contribution >= 0.6 is 27.3 Å². The summed E-state index contributed by atoms with van der Waals surface area (Å²) in [5.41, 5.74) is 7.12. The molecule has 106 valence electrons. The van der Waals surface area contributed by atoms with Gasteiger partial charge in [-0.05, 0) is 53.4 Å². The van der Waals surface area contributed by atoms with Crippen molar-refractivity contribution in [2.24, 2.45) is 0 Å². The van der Waals surface area contributed by atoms with Crippen LogP contribution in [0.1, 0.15) is 17.0 Å². The molecular formula is C12H12BrN3O2S2. The van der Waals surface area contributed by atoms with Gasteiger partial charge in [0, 0.05) is 15.0 Å². The summed E-state index contributed by atoms with van der Waals surface area (Å²) < 4.78 is 27.7. The Hall–Kier alpha value is -1.12. The second-order valence-electron chi connectivity index (χ2n) is 4.53. The zero-order valence-corrected chi connectivity index (χ0v) is 13.6. The van der Waals surface area contributed by atoms with Gasteiger partial charge in [-0.25, -0.2) is 13.4 Å². The Balaban J connectivity index is 1.89. The molecule has 0 saturated carbocycles. The number of nitrogen functional groups attached to an aromatic ring is 1. The highest BCUT2D eigenvalue weighted by Crippen LogP contribution is 2.32. The Morgan fingerprint density at radius 1 is 1.35 bits per heavy atom. The number of thiazole rings is 1. The van der Waals surface area contributed by atoms with Gasteiger partial charge in [0.1, 0.15) is 0 Å². The van der Waals surface area contributed by atoms with Gasteiger partial charge in [0.15, 0.2) is 5.13 Å². The standard InChI is InChI=1S/C12H12BrN3O2S2/c13-8-5-4-7(6-9(8)14)20(17,18)16-12-15-10-2-1-3-11(10)19-12/h4-6H,1-3,14H2,(H,15,16). The van der Waals surface area contributed by atoms with Crippen molar-refractivity contribution in [3.63, 3.8) is 0 Å². The molecule has 1 aliphatic carbocycles. The van der Waals surface area contributed by atoms with Gasteiger partial charge in [0.2, 0.25) is 0 Å². The number of benzene rings is 1. The molecule has 3 N–H and O–H groups in total. The number of fused-ring (bicyclic) bond motifs is 1. The zero-order valence-electron chi connectivity index (χ0n) is 10.4. The van der Waals surface area contributed by atoms with Crippen LogP contribution in [0.4, 0.5) is 10.8 Å². The Kier molecular flexibility index (Phi) is 3.47. The largest absolute Gasteiger partial charge is 0.398 e. The van der Waals surface area contributed by atoms with Gasteiger partial charge in [0.25, 0.3) is 10.0 Å². The first-order valence-corrected chi connectivity index (χ1v) is 9.11. The number of halogens is 1. The van der Waals surface area contributed by atoms with Crippen LogP contribution in [-0.2, 0) is 22.9 Å². The lowest BCUT2D eigenvalue weighted by Crippen LogP contribution is -2.13. The molecule has 1 aliphatic rings. The lowest BCUT2D eigenvalue weighted by molar-refractivity contribution is 0.601. The van der Waals surface area contributed by atoms with E-state index >= 15 is 0 Å². The third-order valence-electron chi connectivity index (χ3n) is 3.10. The van der Waals surface area contributed by atoms with E-state index in [0.717, 1.165) is 25.0 Å². The molecule has 0 saturated heterocycles. The van der Waals surface area contributed by atoms with E-state index in [1.807, 2.05) is 0 Å². The number of aromatic nitrogens is 1. The molecule has 3 rings (SSSR count). The van der Waals surface area contributed by atoms with Crippen molar-refractivity contribution in [3.8, 4) is 0 Å². The molecule has 0 atom stereocenters. The van der Waals surface area contributed by atoms with Gasteiger partial charge < -0.3 is 5.73 Å². The van der Waals surface area contributed by atoms with Gasteiger partial charge >= 0.3 is 0 Å². The molecule has 0 unspecified atom stereocenters. The first kappa shape index (κ1) is 13.8. The maximum Gasteiger partial charge on any atom is 0.263 e. The molecule has 5 nitrogen and oxygen atoms in total. The van der Waals surface area contributed by atoms with E-state index in [2.05, 4.69) is 25.6 Å². The van der Waals surface area contributed by atoms with E-state index in [1.54, 1.807) is 6.07 Å². The number of hydrogen-bond acceptors (Lipinski definition) is 5. The first-order chi connectivity index (χ1) is 9.45. The van der Waals surface area contributed by atoms with Crippen molar-refractivity contribution in [2.45, 2.75) is 24.2 Å². The molecule has 0 spiro atoms. The van der Waals surface area contributed by atoms with Crippen molar-refractivity contribution >= 4 is 48.1 Å². The topological polar surface area (TPSA) is 85.1 Å². The van der Waals surface area contributed by atoms with E-state index in [1.165, 1.54) is 28.3 Å². The van der Waals surface area contributed by atoms with E-state index in [-0.39, 0.29) is 4.90 Å². The third kappa shape index (κ3) is 2.55. The molecule has 1 heterocycles. The fourth-order valence-electron chi connectivity index (χ4n) is 2.10. The van der Waals surface area contributed by atoms with Crippen molar-refractivity contribution < 1.29 is 8.42 Å². The summed E-state index contributed by atoms with van der Waals surface area (Å²) in [5, 5.41) is 0.427. The molecule has 0 fully saturated rings. The molecule has 8 heteroatoms. The summed E-state index contributed by atoms with van der Waals surface area (Å²) in [6.45, 7) is 0. The predicted molar refractivity (Wildman–Crippen MR) is 83.5 cm³/mol. The van der Waals surface area contributed by atoms with Crippen LogP contribution in [0.25, 0.3) is 0 Å². The Morgan fingerprint density at radius 3 is 2.85 bits per heavy atom. The Bertz CT molecular complexity index is 750. The number of anilines is 2. The molecule has 2 aromatic rings. The van der Waals surface area contributed by atoms with Gasteiger partial charge in [0.05, 0.1) is 10.6 Å². The first-order valence-electron chi connectivity index (χ1n) is 6.02. The smallest absolute Gasteiger partial charge is 0.263 e. The van der Waals surface area contributed by atoms with Gasteiger partial charge in [-0.15, -0.1) is 11.3 Å². The molecule has 0 aliphatic heterocycles. The minimum absolute atomic E-state index is 0.133. The third-order valence-corrected chi connectivity index (χ3v) is 6.36. The lowest BCUT2D eigenvalue weighted by Gasteiger charge is -2.07. The quantitative estimate of drug-likeness (QED) is 0.809. The van der Waals surface area contributed by atoms with Crippen LogP contribution in [0.3, 0.4) is 0 Å². The average molecular weight is 374 g/mol. The van der Waals surface area contributed by atoms with Crippen LogP contribution in [-0.4, -0.2) is 13.4 Å². The number of aryl methyl sites for hydroxylation is 2. The second-order valence-corrected chi connectivity index (χ2v) is 8.15. The fraction of sp³-hybridized carbons (Fsp3) is 0.250. The minimum Gasteiger partial charge on any atom is -0.398 e. The van der Waals surface area contributed by atoms with Crippen LogP contribution in [0.5, 0.6) is 0 Å². The summed E-state index contributed by atoms with van der Waals surface area (Å²) in [7, 11) is -3.64. The minimum atomic E-state index is -3.64. The lowest BCUT2D eigenvalue weighted by atomic mass is 10.3. The molecule has 1 aromatic heterocycles. The van der Waals surface area contributed by atoms with Crippen LogP contribution in [0.2, 0.25) is 0 Å². The van der Waals surface area contributed by atoms with E-state index in [4.69, 9.17) is 5.73 Å². The summed E-state index contributed by atoms with van der Waals surface area (Å²) in [6, 6.07) is 4.55. The zero-order chi connectivity index (χ0) is 14.3. The highest BCUT2D eigenvalue weighted by Gasteiger charge is 2.21. The van der Waals surface area contributed by atoms with Crippen LogP contribution in [0, 0.1) is 0 Å². The number of nitrogens with two attached hydrogens (primary N) is 1. The summed E-state index contributed by atoms with van der Waals surface area (Å²) >= 11 is 4.65. The monoisotopic (exact) mass is 373 g/mol. The highest BCUT2D eigenvalue weighted by atomic mass is 79.9. The van der Waals surface area contributed by atoms with Crippen LogP contribution in [0.15, 0.2) is 27.6 Å². The normalized spacial score (nSPS) is 14.2. The molecular weight excluding hydrogens is 362 g/mol. The number of sulfonamides is 1. The Morgan fingerprint density at radius 2 is 2.15 bits per heavy atom. The SMILES string of the molecule is Nc1cc(S(=O)(=O)Nc2nc3c(s2)CCC3)ccc1Br. The number of nitrogens with one attached hydrogen (secondary N) is 1. The fourth-order valence-corrected chi connectivity index (χ4v) is 4.66. The van der Waals surface area contributed by atoms with Gasteiger partial charge in [-0.1, -0.05) is 0 Å². The maximum atomic E-state index is 12.3. The molecule has 0 bridgehead atoms. The molecule has 0 amide bonds. The maximum absolute atomic E-state index is 12.3. The van der Waals surface area contributed by atoms with E-state index in [9.17, 15) is 8.42 Å². The highest BCUT2D eigenvalue weighted by molar-refractivity contribution is 9.10. The average Bonchev–Trinajstić information content (AvgIpc) is 2.92. The van der Waals surface area contributed by atoms with Crippen LogP contribution < -0.4 is 10.5 Å². The molecule has 20 heavy (non-hydrogen) atoms. The Labute approximate surface area is 129 Å². The molecule has 1 aromatic carbocycles. The predicted octanol–water partition coefficient (Wildman–Crippen LogP) is 2.78. The van der Waals surface area contributed by atoms with E-state index in [0.29, 0.717) is 15.3 Å².